The number of esters is 2. The van der Waals surface area contributed by atoms with Gasteiger partial charge in [-0.05, 0) is 12.8 Å². The number of hydrogen-bond donors (Lipinski definition) is 1. The van der Waals surface area contributed by atoms with E-state index in [-0.39, 0.29) is 13.0 Å². The second-order valence-corrected chi connectivity index (χ2v) is 3.81. The molecule has 0 aromatic rings. The predicted octanol–water partition coefficient (Wildman–Crippen LogP) is 1.42. The molecular formula is C12H22O5. The monoisotopic (exact) mass is 246 g/mol. The smallest absolute Gasteiger partial charge is 0.335 e. The van der Waals surface area contributed by atoms with E-state index in [0.717, 1.165) is 25.7 Å². The number of hydrogen-bond acceptors (Lipinski definition) is 5. The van der Waals surface area contributed by atoms with Crippen LogP contribution in [0.3, 0.4) is 0 Å². The molecule has 1 N–H and O–H groups in total. The molecule has 0 heterocycles. The quantitative estimate of drug-likeness (QED) is 0.492. The summed E-state index contributed by atoms with van der Waals surface area (Å²) in [6.07, 6.45) is 1.61. The van der Waals surface area contributed by atoms with Crippen LogP contribution in [0.1, 0.15) is 46.0 Å². The van der Waals surface area contributed by atoms with Gasteiger partial charge in [-0.1, -0.05) is 26.7 Å². The summed E-state index contributed by atoms with van der Waals surface area (Å²) in [6.45, 7) is 4.55. The molecule has 0 aliphatic carbocycles. The van der Waals surface area contributed by atoms with E-state index in [4.69, 9.17) is 9.47 Å². The molecule has 0 aromatic carbocycles. The third-order valence-electron chi connectivity index (χ3n) is 2.14. The van der Waals surface area contributed by atoms with Crippen LogP contribution in [0.4, 0.5) is 0 Å². The van der Waals surface area contributed by atoms with E-state index in [1.807, 2.05) is 13.8 Å². The Balaban J connectivity index is 3.71. The third kappa shape index (κ3) is 8.68. The van der Waals surface area contributed by atoms with E-state index >= 15 is 0 Å². The van der Waals surface area contributed by atoms with Gasteiger partial charge in [0.25, 0.3) is 0 Å². The molecule has 17 heavy (non-hydrogen) atoms. The van der Waals surface area contributed by atoms with Crippen molar-refractivity contribution in [3.8, 4) is 0 Å². The number of aliphatic hydroxyl groups excluding tert-OH is 1. The second-order valence-electron chi connectivity index (χ2n) is 3.81. The van der Waals surface area contributed by atoms with Crippen LogP contribution >= 0.6 is 0 Å². The van der Waals surface area contributed by atoms with Gasteiger partial charge < -0.3 is 14.6 Å². The summed E-state index contributed by atoms with van der Waals surface area (Å²) in [5.41, 5.74) is 0. The normalized spacial score (nSPS) is 11.9. The Morgan fingerprint density at radius 2 is 1.59 bits per heavy atom. The molecule has 0 aromatic heterocycles. The lowest BCUT2D eigenvalue weighted by molar-refractivity contribution is -0.160. The van der Waals surface area contributed by atoms with E-state index in [1.54, 1.807) is 0 Å². The van der Waals surface area contributed by atoms with Crippen LogP contribution in [0.25, 0.3) is 0 Å². The molecule has 0 spiro atoms. The number of carbonyl (C=O) groups is 2. The summed E-state index contributed by atoms with van der Waals surface area (Å²) >= 11 is 0. The molecule has 0 bridgehead atoms. The number of ether oxygens (including phenoxy) is 2. The van der Waals surface area contributed by atoms with Gasteiger partial charge in [-0.3, -0.25) is 4.79 Å². The van der Waals surface area contributed by atoms with Crippen molar-refractivity contribution in [1.29, 1.82) is 0 Å². The molecule has 0 rings (SSSR count). The highest BCUT2D eigenvalue weighted by Crippen LogP contribution is 2.00. The fourth-order valence-corrected chi connectivity index (χ4v) is 1.04. The lowest BCUT2D eigenvalue weighted by atomic mass is 10.2. The second kappa shape index (κ2) is 10.1. The molecule has 0 saturated heterocycles. The van der Waals surface area contributed by atoms with Gasteiger partial charge in [-0.15, -0.1) is 0 Å². The van der Waals surface area contributed by atoms with E-state index < -0.39 is 18.0 Å². The topological polar surface area (TPSA) is 72.8 Å². The molecule has 100 valence electrons. The molecular weight excluding hydrogens is 224 g/mol. The van der Waals surface area contributed by atoms with E-state index in [0.29, 0.717) is 6.61 Å². The zero-order valence-electron chi connectivity index (χ0n) is 10.6. The molecule has 0 fully saturated rings. The molecule has 1 atom stereocenters. The van der Waals surface area contributed by atoms with E-state index in [1.165, 1.54) is 0 Å². The Hall–Kier alpha value is -1.10. The van der Waals surface area contributed by atoms with Crippen molar-refractivity contribution in [3.05, 3.63) is 0 Å². The summed E-state index contributed by atoms with van der Waals surface area (Å²) in [5, 5.41) is 9.37. The Kier molecular flexibility index (Phi) is 9.43. The number of rotatable bonds is 9. The van der Waals surface area contributed by atoms with Gasteiger partial charge in [0, 0.05) is 0 Å². The van der Waals surface area contributed by atoms with Gasteiger partial charge in [0.1, 0.15) is 0 Å². The van der Waals surface area contributed by atoms with Gasteiger partial charge >= 0.3 is 11.9 Å². The van der Waals surface area contributed by atoms with Crippen LogP contribution in [0.15, 0.2) is 0 Å². The van der Waals surface area contributed by atoms with Crippen molar-refractivity contribution < 1.29 is 24.2 Å². The first-order chi connectivity index (χ1) is 8.11. The summed E-state index contributed by atoms with van der Waals surface area (Å²) < 4.78 is 9.60. The van der Waals surface area contributed by atoms with Crippen LogP contribution in [0, 0.1) is 0 Å². The highest BCUT2D eigenvalue weighted by Gasteiger charge is 2.21. The molecule has 0 aliphatic rings. The minimum Gasteiger partial charge on any atom is -0.466 e. The molecule has 0 unspecified atom stereocenters. The highest BCUT2D eigenvalue weighted by atomic mass is 16.6. The average molecular weight is 246 g/mol. The summed E-state index contributed by atoms with van der Waals surface area (Å²) in [7, 11) is 0. The maximum absolute atomic E-state index is 11.2. The van der Waals surface area contributed by atoms with Crippen LogP contribution in [-0.4, -0.2) is 36.4 Å². The van der Waals surface area contributed by atoms with Crippen molar-refractivity contribution in [2.24, 2.45) is 0 Å². The molecule has 0 saturated carbocycles. The van der Waals surface area contributed by atoms with Gasteiger partial charge in [0.2, 0.25) is 0 Å². The Morgan fingerprint density at radius 1 is 1.06 bits per heavy atom. The number of carbonyl (C=O) groups excluding carboxylic acids is 2. The van der Waals surface area contributed by atoms with Crippen molar-refractivity contribution >= 4 is 11.9 Å². The lowest BCUT2D eigenvalue weighted by Gasteiger charge is -2.10. The van der Waals surface area contributed by atoms with Crippen LogP contribution in [0.5, 0.6) is 0 Å². The summed E-state index contributed by atoms with van der Waals surface area (Å²) in [5.74, 6) is -1.33. The maximum atomic E-state index is 11.2. The van der Waals surface area contributed by atoms with E-state index in [9.17, 15) is 14.7 Å². The van der Waals surface area contributed by atoms with Crippen LogP contribution in [0.2, 0.25) is 0 Å². The first-order valence-corrected chi connectivity index (χ1v) is 6.12. The molecule has 0 amide bonds. The zero-order chi connectivity index (χ0) is 13.1. The van der Waals surface area contributed by atoms with Crippen molar-refractivity contribution in [2.75, 3.05) is 13.2 Å². The largest absolute Gasteiger partial charge is 0.466 e. The molecule has 5 heteroatoms. The molecule has 0 radical (unpaired) electrons. The lowest BCUT2D eigenvalue weighted by Crippen LogP contribution is -2.27. The first kappa shape index (κ1) is 15.9. The van der Waals surface area contributed by atoms with Crippen LogP contribution < -0.4 is 0 Å². The van der Waals surface area contributed by atoms with Gasteiger partial charge in [-0.2, -0.15) is 0 Å². The minimum atomic E-state index is -1.42. The molecule has 0 aliphatic heterocycles. The van der Waals surface area contributed by atoms with Gasteiger partial charge in [0.15, 0.2) is 6.10 Å². The Bertz CT molecular complexity index is 227. The van der Waals surface area contributed by atoms with Gasteiger partial charge in [0.05, 0.1) is 19.6 Å². The highest BCUT2D eigenvalue weighted by molar-refractivity contribution is 5.81. The Morgan fingerprint density at radius 3 is 2.12 bits per heavy atom. The first-order valence-electron chi connectivity index (χ1n) is 6.12. The average Bonchev–Trinajstić information content (AvgIpc) is 2.29. The number of unbranched alkanes of at least 4 members (excludes halogenated alkanes) is 2. The summed E-state index contributed by atoms with van der Waals surface area (Å²) in [6, 6.07) is 0. The van der Waals surface area contributed by atoms with Crippen molar-refractivity contribution in [1.82, 2.24) is 0 Å². The SMILES string of the molecule is CCCCOC(=O)C[C@@H](O)C(=O)OCCCC. The maximum Gasteiger partial charge on any atom is 0.335 e. The summed E-state index contributed by atoms with van der Waals surface area (Å²) in [4.78, 5) is 22.4. The standard InChI is InChI=1S/C12H22O5/c1-3-5-7-16-11(14)9-10(13)12(15)17-8-6-4-2/h10,13H,3-9H2,1-2H3/t10-/m1/s1. The van der Waals surface area contributed by atoms with Gasteiger partial charge in [-0.25, -0.2) is 4.79 Å². The fraction of sp³-hybridized carbons (Fsp3) is 0.833. The van der Waals surface area contributed by atoms with Crippen molar-refractivity contribution in [3.63, 3.8) is 0 Å². The Labute approximate surface area is 102 Å². The fourth-order valence-electron chi connectivity index (χ4n) is 1.04. The third-order valence-corrected chi connectivity index (χ3v) is 2.14. The van der Waals surface area contributed by atoms with Crippen LogP contribution in [-0.2, 0) is 19.1 Å². The predicted molar refractivity (Wildman–Crippen MR) is 62.4 cm³/mol. The van der Waals surface area contributed by atoms with Crippen molar-refractivity contribution in [2.45, 2.75) is 52.1 Å². The minimum absolute atomic E-state index is 0.275. The zero-order valence-corrected chi connectivity index (χ0v) is 10.6. The molecule has 5 nitrogen and oxygen atoms in total. The van der Waals surface area contributed by atoms with E-state index in [2.05, 4.69) is 0 Å². The number of aliphatic hydroxyl groups is 1.